The number of benzene rings is 2. The van der Waals surface area contributed by atoms with Crippen LogP contribution in [0.4, 0.5) is 16.2 Å². The number of ether oxygens (including phenoxy) is 1. The largest absolute Gasteiger partial charge is 0.444 e. The fourth-order valence-electron chi connectivity index (χ4n) is 6.61. The number of alkyl carbamates (subject to hydrolysis) is 1. The number of anilines is 2. The molecule has 0 spiro atoms. The van der Waals surface area contributed by atoms with Gasteiger partial charge >= 0.3 is 6.09 Å². The van der Waals surface area contributed by atoms with Crippen LogP contribution in [-0.2, 0) is 31.3 Å². The first kappa shape index (κ1) is 36.1. The quantitative estimate of drug-likeness (QED) is 0.348. The fraction of sp³-hybridized carbons (Fsp3) is 0.588. The van der Waals surface area contributed by atoms with Crippen LogP contribution in [0.3, 0.4) is 0 Å². The molecule has 48 heavy (non-hydrogen) atoms. The number of sulfonamides is 2. The Morgan fingerprint density at radius 3 is 2.12 bits per heavy atom. The number of nitrogens with one attached hydrogen (secondary N) is 2. The highest BCUT2D eigenvalue weighted by Crippen LogP contribution is 2.39. The van der Waals surface area contributed by atoms with Crippen molar-refractivity contribution in [1.29, 1.82) is 0 Å². The van der Waals surface area contributed by atoms with Crippen LogP contribution < -0.4 is 14.9 Å². The van der Waals surface area contributed by atoms with Gasteiger partial charge in [0.15, 0.2) is 0 Å². The number of piperidine rings is 1. The zero-order chi connectivity index (χ0) is 34.9. The lowest BCUT2D eigenvalue weighted by molar-refractivity contribution is 0.0456. The van der Waals surface area contributed by atoms with E-state index in [9.17, 15) is 26.4 Å². The summed E-state index contributed by atoms with van der Waals surface area (Å²) in [6.45, 7) is 9.02. The Labute approximate surface area is 285 Å². The maximum absolute atomic E-state index is 13.6. The molecule has 2 saturated heterocycles. The van der Waals surface area contributed by atoms with Crippen molar-refractivity contribution in [2.24, 2.45) is 17.8 Å². The number of carbonyl (C=O) groups is 2. The number of likely N-dealkylation sites (tertiary alicyclic amines) is 1. The van der Waals surface area contributed by atoms with Gasteiger partial charge in [0.1, 0.15) is 5.60 Å². The van der Waals surface area contributed by atoms with Gasteiger partial charge in [0.2, 0.25) is 20.0 Å². The van der Waals surface area contributed by atoms with Gasteiger partial charge in [0, 0.05) is 57.9 Å². The van der Waals surface area contributed by atoms with Gasteiger partial charge in [-0.05, 0) is 87.4 Å². The van der Waals surface area contributed by atoms with E-state index in [2.05, 4.69) is 15.5 Å². The van der Waals surface area contributed by atoms with Gasteiger partial charge in [-0.3, -0.25) is 14.0 Å². The molecule has 3 aliphatic rings. The molecule has 1 saturated carbocycles. The minimum Gasteiger partial charge on any atom is -0.444 e. The van der Waals surface area contributed by atoms with Crippen molar-refractivity contribution >= 4 is 43.4 Å². The lowest BCUT2D eigenvalue weighted by Crippen LogP contribution is -2.51. The number of rotatable bonds is 11. The predicted octanol–water partition coefficient (Wildman–Crippen LogP) is 4.49. The van der Waals surface area contributed by atoms with Crippen molar-refractivity contribution < 1.29 is 31.2 Å². The Morgan fingerprint density at radius 1 is 0.938 bits per heavy atom. The van der Waals surface area contributed by atoms with Crippen LogP contribution in [0.15, 0.2) is 47.4 Å². The van der Waals surface area contributed by atoms with Crippen molar-refractivity contribution in [3.63, 3.8) is 0 Å². The first-order valence-corrected chi connectivity index (χ1v) is 20.0. The van der Waals surface area contributed by atoms with Crippen LogP contribution in [0.5, 0.6) is 0 Å². The van der Waals surface area contributed by atoms with E-state index in [-0.39, 0.29) is 22.1 Å². The molecule has 0 atom stereocenters. The van der Waals surface area contributed by atoms with Gasteiger partial charge in [0.05, 0.1) is 22.4 Å². The molecule has 0 aromatic heterocycles. The molecule has 2 N–H and O–H groups in total. The highest BCUT2D eigenvalue weighted by molar-refractivity contribution is 7.92. The number of carbonyl (C=O) groups excluding carboxylic acids is 2. The second-order valence-electron chi connectivity index (χ2n) is 14.4. The van der Waals surface area contributed by atoms with Gasteiger partial charge < -0.3 is 15.4 Å². The Hall–Kier alpha value is -3.20. The Morgan fingerprint density at radius 2 is 1.56 bits per heavy atom. The highest BCUT2D eigenvalue weighted by atomic mass is 32.2. The minimum absolute atomic E-state index is 0.176. The monoisotopic (exact) mass is 703 g/mol. The van der Waals surface area contributed by atoms with Crippen molar-refractivity contribution in [3.8, 4) is 0 Å². The summed E-state index contributed by atoms with van der Waals surface area (Å²) in [5, 5.41) is 5.62. The minimum atomic E-state index is -3.66. The van der Waals surface area contributed by atoms with Crippen LogP contribution in [0, 0.1) is 17.8 Å². The third-order valence-corrected chi connectivity index (χ3v) is 12.7. The van der Waals surface area contributed by atoms with E-state index in [1.807, 2.05) is 20.8 Å². The van der Waals surface area contributed by atoms with E-state index in [0.717, 1.165) is 48.0 Å². The van der Waals surface area contributed by atoms with Crippen molar-refractivity contribution in [2.75, 3.05) is 55.6 Å². The summed E-state index contributed by atoms with van der Waals surface area (Å²) >= 11 is 0. The van der Waals surface area contributed by atoms with Gasteiger partial charge in [-0.25, -0.2) is 21.6 Å². The van der Waals surface area contributed by atoms with Crippen LogP contribution in [-0.4, -0.2) is 89.7 Å². The van der Waals surface area contributed by atoms with Crippen LogP contribution >= 0.6 is 0 Å². The van der Waals surface area contributed by atoms with Crippen molar-refractivity contribution in [3.05, 3.63) is 53.6 Å². The van der Waals surface area contributed by atoms with Crippen molar-refractivity contribution in [2.45, 2.75) is 69.9 Å². The summed E-state index contributed by atoms with van der Waals surface area (Å²) < 4.78 is 59.5. The molecular weight excluding hydrogens is 655 g/mol. The van der Waals surface area contributed by atoms with E-state index >= 15 is 0 Å². The summed E-state index contributed by atoms with van der Waals surface area (Å²) in [4.78, 5) is 27.9. The lowest BCUT2D eigenvalue weighted by Gasteiger charge is -2.39. The zero-order valence-electron chi connectivity index (χ0n) is 28.6. The first-order valence-electron chi connectivity index (χ1n) is 16.7. The number of nitrogens with zero attached hydrogens (tertiary/aromatic N) is 3. The average molecular weight is 704 g/mol. The van der Waals surface area contributed by atoms with Crippen molar-refractivity contribution in [1.82, 2.24) is 14.5 Å². The molecule has 1 aliphatic carbocycles. The number of hydrogen-bond donors (Lipinski definition) is 2. The second kappa shape index (κ2) is 14.3. The number of amides is 2. The topological polar surface area (TPSA) is 145 Å². The zero-order valence-corrected chi connectivity index (χ0v) is 30.2. The molecule has 2 aromatic carbocycles. The lowest BCUT2D eigenvalue weighted by atomic mass is 9.72. The molecule has 3 fully saturated rings. The molecule has 0 radical (unpaired) electrons. The third kappa shape index (κ3) is 8.87. The molecule has 14 heteroatoms. The SMILES string of the molecule is CN(c1ccc(CN2CC(CNC(=O)OC(C)(C)C)C2)cc1C(=O)Nc1ccc(S(=O)(=O)N2CCC(C3CCC3)CC2)cc1)S(C)(=O)=O. The van der Waals surface area contributed by atoms with E-state index in [4.69, 9.17) is 4.74 Å². The molecule has 2 aromatic rings. The standard InChI is InChI=1S/C34H49N5O7S2/c1-34(2,3)46-33(41)35-20-25-22-38(23-25)21-24-9-14-31(37(4)47(5,42)43)30(19-24)32(40)36-28-10-12-29(13-11-28)48(44,45)39-17-15-27(16-18-39)26-7-6-8-26/h9-14,19,25-27H,6-8,15-18,20-23H2,1-5H3,(H,35,41)(H,36,40). The summed E-state index contributed by atoms with van der Waals surface area (Å²) in [5.41, 5.74) is 1.06. The Kier molecular flexibility index (Phi) is 10.8. The van der Waals surface area contributed by atoms with E-state index in [0.29, 0.717) is 37.8 Å². The summed E-state index contributed by atoms with van der Waals surface area (Å²) in [6.07, 6.45) is 6.22. The Balaban J connectivity index is 1.22. The normalized spacial score (nSPS) is 18.9. The number of hydrogen-bond acceptors (Lipinski definition) is 8. The molecule has 12 nitrogen and oxygen atoms in total. The maximum Gasteiger partial charge on any atom is 0.407 e. The molecule has 0 unspecified atom stereocenters. The summed E-state index contributed by atoms with van der Waals surface area (Å²) in [6, 6.07) is 11.2. The van der Waals surface area contributed by atoms with Crippen LogP contribution in [0.2, 0.25) is 0 Å². The third-order valence-electron chi connectivity index (χ3n) is 9.58. The smallest absolute Gasteiger partial charge is 0.407 e. The van der Waals surface area contributed by atoms with Crippen LogP contribution in [0.25, 0.3) is 0 Å². The van der Waals surface area contributed by atoms with E-state index in [1.165, 1.54) is 38.4 Å². The fourth-order valence-corrected chi connectivity index (χ4v) is 8.59. The van der Waals surface area contributed by atoms with E-state index in [1.54, 1.807) is 34.6 Å². The predicted molar refractivity (Wildman–Crippen MR) is 186 cm³/mol. The molecule has 264 valence electrons. The van der Waals surface area contributed by atoms with Crippen LogP contribution in [0.1, 0.15) is 68.8 Å². The van der Waals surface area contributed by atoms with E-state index < -0.39 is 37.6 Å². The van der Waals surface area contributed by atoms with Gasteiger partial charge in [-0.2, -0.15) is 4.31 Å². The van der Waals surface area contributed by atoms with Gasteiger partial charge in [0.25, 0.3) is 5.91 Å². The molecule has 0 bridgehead atoms. The molecule has 5 rings (SSSR count). The second-order valence-corrected chi connectivity index (χ2v) is 18.4. The highest BCUT2D eigenvalue weighted by Gasteiger charge is 2.35. The summed E-state index contributed by atoms with van der Waals surface area (Å²) in [5.74, 6) is 1.11. The molecule has 2 aliphatic heterocycles. The first-order chi connectivity index (χ1) is 22.5. The molecular formula is C34H49N5O7S2. The average Bonchev–Trinajstić information content (AvgIpc) is 2.96. The Bertz CT molecular complexity index is 1690. The molecule has 2 heterocycles. The maximum atomic E-state index is 13.6. The van der Waals surface area contributed by atoms with Gasteiger partial charge in [-0.1, -0.05) is 25.3 Å². The molecule has 2 amide bonds. The van der Waals surface area contributed by atoms with Gasteiger partial charge in [-0.15, -0.1) is 0 Å². The summed E-state index contributed by atoms with van der Waals surface area (Å²) in [7, 11) is -5.91.